The first kappa shape index (κ1) is 20.8. The van der Waals surface area contributed by atoms with Crippen LogP contribution >= 0.6 is 0 Å². The van der Waals surface area contributed by atoms with Gasteiger partial charge in [0.15, 0.2) is 12.3 Å². The minimum atomic E-state index is -0.0569. The number of hydrogen-bond donors (Lipinski definition) is 1. The van der Waals surface area contributed by atoms with Crippen molar-refractivity contribution in [3.63, 3.8) is 0 Å². The lowest BCUT2D eigenvalue weighted by atomic mass is 10.1. The molecule has 5 rings (SSSR count). The van der Waals surface area contributed by atoms with Gasteiger partial charge in [-0.3, -0.25) is 13.8 Å². The Kier molecular flexibility index (Phi) is 5.34. The maximum absolute atomic E-state index is 12.9. The fourth-order valence-corrected chi connectivity index (χ4v) is 4.57. The summed E-state index contributed by atoms with van der Waals surface area (Å²) in [6.07, 6.45) is 7.95. The number of aromatic nitrogens is 5. The van der Waals surface area contributed by atoms with Crippen molar-refractivity contribution in [1.29, 1.82) is 5.26 Å². The fourth-order valence-electron chi connectivity index (χ4n) is 4.57. The number of ether oxygens (including phenoxy) is 1. The molecule has 1 aromatic carbocycles. The van der Waals surface area contributed by atoms with Gasteiger partial charge in [-0.25, -0.2) is 9.78 Å². The number of anilines is 2. The Balaban J connectivity index is 1.50. The van der Waals surface area contributed by atoms with E-state index in [0.29, 0.717) is 17.2 Å². The summed E-state index contributed by atoms with van der Waals surface area (Å²) in [5.41, 5.74) is 4.03. The third kappa shape index (κ3) is 3.84. The van der Waals surface area contributed by atoms with E-state index in [2.05, 4.69) is 10.4 Å². The molecule has 9 nitrogen and oxygen atoms in total. The standard InChI is InChI=1S/C24H25N7O2/c1-29-15-16(14-26-29)19-8-7-17(13-21(19)33-12-11-25)27-22-10-9-20-23(28-22)31(24(32)30(20)2)18-5-3-4-6-18/h7-10,13-15,18H,3-6,12H2,1-2H3,(H,27,28). The second-order valence-electron chi connectivity index (χ2n) is 8.37. The zero-order chi connectivity index (χ0) is 22.9. The van der Waals surface area contributed by atoms with Gasteiger partial charge in [-0.05, 0) is 37.1 Å². The number of nitrogens with zero attached hydrogens (tertiary/aromatic N) is 6. The van der Waals surface area contributed by atoms with E-state index >= 15 is 0 Å². The van der Waals surface area contributed by atoms with Crippen molar-refractivity contribution in [2.45, 2.75) is 31.7 Å². The predicted octanol–water partition coefficient (Wildman–Crippen LogP) is 3.90. The highest BCUT2D eigenvalue weighted by molar-refractivity contribution is 5.77. The van der Waals surface area contributed by atoms with E-state index in [1.807, 2.05) is 54.2 Å². The largest absolute Gasteiger partial charge is 0.478 e. The predicted molar refractivity (Wildman–Crippen MR) is 126 cm³/mol. The normalized spacial score (nSPS) is 14.0. The lowest BCUT2D eigenvalue weighted by Gasteiger charge is -2.13. The van der Waals surface area contributed by atoms with Crippen molar-refractivity contribution in [2.75, 3.05) is 11.9 Å². The van der Waals surface area contributed by atoms with Gasteiger partial charge in [0.25, 0.3) is 0 Å². The van der Waals surface area contributed by atoms with Crippen LogP contribution in [0.4, 0.5) is 11.5 Å². The number of benzene rings is 1. The summed E-state index contributed by atoms with van der Waals surface area (Å²) in [6.45, 7) is -0.0569. The molecule has 3 aromatic heterocycles. The van der Waals surface area contributed by atoms with E-state index < -0.39 is 0 Å². The summed E-state index contributed by atoms with van der Waals surface area (Å²) in [5.74, 6) is 1.22. The first-order chi connectivity index (χ1) is 16.0. The molecule has 168 valence electrons. The quantitative estimate of drug-likeness (QED) is 0.485. The monoisotopic (exact) mass is 443 g/mol. The molecule has 0 aliphatic heterocycles. The summed E-state index contributed by atoms with van der Waals surface area (Å²) in [7, 11) is 3.65. The van der Waals surface area contributed by atoms with Gasteiger partial charge in [-0.2, -0.15) is 10.4 Å². The molecule has 0 unspecified atom stereocenters. The van der Waals surface area contributed by atoms with Crippen LogP contribution in [0.15, 0.2) is 47.5 Å². The number of aryl methyl sites for hydroxylation is 2. The molecule has 1 aliphatic carbocycles. The Labute approximate surface area is 190 Å². The lowest BCUT2D eigenvalue weighted by Crippen LogP contribution is -2.25. The topological polar surface area (TPSA) is 103 Å². The van der Waals surface area contributed by atoms with Crippen molar-refractivity contribution in [2.24, 2.45) is 14.1 Å². The highest BCUT2D eigenvalue weighted by Crippen LogP contribution is 2.34. The second-order valence-corrected chi connectivity index (χ2v) is 8.37. The van der Waals surface area contributed by atoms with E-state index in [-0.39, 0.29) is 18.3 Å². The molecule has 0 bridgehead atoms. The van der Waals surface area contributed by atoms with Crippen LogP contribution in [0.3, 0.4) is 0 Å². The summed E-state index contributed by atoms with van der Waals surface area (Å²) >= 11 is 0. The third-order valence-electron chi connectivity index (χ3n) is 6.19. The lowest BCUT2D eigenvalue weighted by molar-refractivity contribution is 0.370. The molecule has 0 atom stereocenters. The highest BCUT2D eigenvalue weighted by atomic mass is 16.5. The Morgan fingerprint density at radius 2 is 2.03 bits per heavy atom. The van der Waals surface area contributed by atoms with Crippen molar-refractivity contribution < 1.29 is 4.74 Å². The van der Waals surface area contributed by atoms with E-state index in [1.54, 1.807) is 22.5 Å². The summed E-state index contributed by atoms with van der Waals surface area (Å²) in [4.78, 5) is 17.7. The number of nitrogens with one attached hydrogen (secondary N) is 1. The molecule has 33 heavy (non-hydrogen) atoms. The minimum Gasteiger partial charge on any atom is -0.478 e. The van der Waals surface area contributed by atoms with Crippen LogP contribution < -0.4 is 15.7 Å². The van der Waals surface area contributed by atoms with Gasteiger partial charge in [0.1, 0.15) is 17.6 Å². The molecular formula is C24H25N7O2. The van der Waals surface area contributed by atoms with E-state index in [9.17, 15) is 4.79 Å². The van der Waals surface area contributed by atoms with Crippen molar-refractivity contribution in [3.05, 3.63) is 53.2 Å². The Hall–Kier alpha value is -4.06. The molecule has 1 aliphatic rings. The molecule has 0 radical (unpaired) electrons. The van der Waals surface area contributed by atoms with Gasteiger partial charge >= 0.3 is 5.69 Å². The number of pyridine rings is 1. The molecule has 0 saturated heterocycles. The minimum absolute atomic E-state index is 0.0189. The summed E-state index contributed by atoms with van der Waals surface area (Å²) in [6, 6.07) is 11.7. The summed E-state index contributed by atoms with van der Waals surface area (Å²) < 4.78 is 10.9. The van der Waals surface area contributed by atoms with E-state index in [4.69, 9.17) is 15.0 Å². The zero-order valence-corrected chi connectivity index (χ0v) is 18.7. The van der Waals surface area contributed by atoms with Crippen molar-refractivity contribution >= 4 is 22.7 Å². The van der Waals surface area contributed by atoms with Gasteiger partial charge in [0.05, 0.1) is 11.7 Å². The van der Waals surface area contributed by atoms with Crippen LogP contribution in [0, 0.1) is 11.3 Å². The first-order valence-electron chi connectivity index (χ1n) is 11.0. The first-order valence-corrected chi connectivity index (χ1v) is 11.0. The van der Waals surface area contributed by atoms with Crippen LogP contribution in [0.2, 0.25) is 0 Å². The molecule has 1 saturated carbocycles. The molecule has 3 heterocycles. The summed E-state index contributed by atoms with van der Waals surface area (Å²) in [5, 5.41) is 16.5. The maximum atomic E-state index is 12.9. The number of nitriles is 1. The molecule has 0 spiro atoms. The van der Waals surface area contributed by atoms with Crippen molar-refractivity contribution in [3.8, 4) is 22.9 Å². The number of fused-ring (bicyclic) bond motifs is 1. The highest BCUT2D eigenvalue weighted by Gasteiger charge is 2.23. The average Bonchev–Trinajstić information content (AvgIpc) is 3.54. The fraction of sp³-hybridized carbons (Fsp3) is 0.333. The van der Waals surface area contributed by atoms with Crippen LogP contribution in [-0.4, -0.2) is 30.5 Å². The number of rotatable bonds is 6. The average molecular weight is 444 g/mol. The van der Waals surface area contributed by atoms with Crippen LogP contribution in [0.25, 0.3) is 22.3 Å². The van der Waals surface area contributed by atoms with Gasteiger partial charge < -0.3 is 10.1 Å². The van der Waals surface area contributed by atoms with E-state index in [0.717, 1.165) is 48.0 Å². The Bertz CT molecular complexity index is 1420. The van der Waals surface area contributed by atoms with Crippen molar-refractivity contribution in [1.82, 2.24) is 23.9 Å². The Morgan fingerprint density at radius 1 is 1.21 bits per heavy atom. The maximum Gasteiger partial charge on any atom is 0.330 e. The Morgan fingerprint density at radius 3 is 2.76 bits per heavy atom. The molecule has 9 heteroatoms. The van der Waals surface area contributed by atoms with Gasteiger partial charge in [-0.15, -0.1) is 0 Å². The van der Waals surface area contributed by atoms with Gasteiger partial charge in [-0.1, -0.05) is 12.8 Å². The number of imidazole rings is 1. The molecule has 1 fully saturated rings. The van der Waals surface area contributed by atoms with Crippen LogP contribution in [0.5, 0.6) is 5.75 Å². The van der Waals surface area contributed by atoms with Gasteiger partial charge in [0.2, 0.25) is 0 Å². The molecule has 4 aromatic rings. The molecular weight excluding hydrogens is 418 g/mol. The number of hydrogen-bond acceptors (Lipinski definition) is 6. The second kappa shape index (κ2) is 8.47. The molecule has 1 N–H and O–H groups in total. The van der Waals surface area contributed by atoms with Crippen LogP contribution in [-0.2, 0) is 14.1 Å². The molecule has 0 amide bonds. The third-order valence-corrected chi connectivity index (χ3v) is 6.19. The van der Waals surface area contributed by atoms with Crippen LogP contribution in [0.1, 0.15) is 31.7 Å². The zero-order valence-electron chi connectivity index (χ0n) is 18.7. The smallest absolute Gasteiger partial charge is 0.330 e. The van der Waals surface area contributed by atoms with Gasteiger partial charge in [0, 0.05) is 49.2 Å². The SMILES string of the molecule is Cn1cc(-c2ccc(Nc3ccc4c(n3)n(C3CCCC3)c(=O)n4C)cc2OCC#N)cn1. The van der Waals surface area contributed by atoms with E-state index in [1.165, 1.54) is 0 Å².